The highest BCUT2D eigenvalue weighted by Gasteiger charge is 2.14. The number of nitro groups is 1. The number of rotatable bonds is 5. The van der Waals surface area contributed by atoms with Crippen molar-refractivity contribution in [2.45, 2.75) is 13.8 Å². The summed E-state index contributed by atoms with van der Waals surface area (Å²) in [4.78, 5) is 20.2. The van der Waals surface area contributed by atoms with Gasteiger partial charge >= 0.3 is 0 Å². The molecule has 2 aromatic heterocycles. The SMILES string of the molecule is COc1ccc(-c2c/c(=N\c3nc4ccc([N+](=O)[O-])cc4s3)c3c(C)cc(C)cc3o2)cc1OC. The molecule has 0 bridgehead atoms. The van der Waals surface area contributed by atoms with E-state index >= 15 is 0 Å². The monoisotopic (exact) mass is 487 g/mol. The summed E-state index contributed by atoms with van der Waals surface area (Å²) in [6.45, 7) is 4.03. The van der Waals surface area contributed by atoms with Gasteiger partial charge in [0.2, 0.25) is 5.13 Å². The average Bonchev–Trinajstić information content (AvgIpc) is 3.24. The largest absolute Gasteiger partial charge is 0.493 e. The van der Waals surface area contributed by atoms with Gasteiger partial charge in [0.15, 0.2) is 11.5 Å². The molecule has 0 aliphatic carbocycles. The molecule has 2 heterocycles. The van der Waals surface area contributed by atoms with E-state index in [0.29, 0.717) is 43.5 Å². The molecule has 35 heavy (non-hydrogen) atoms. The number of fused-ring (bicyclic) bond motifs is 2. The molecule has 0 saturated heterocycles. The van der Waals surface area contributed by atoms with Crippen LogP contribution in [0.4, 0.5) is 10.8 Å². The molecular formula is C26H21N3O5S. The maximum Gasteiger partial charge on any atom is 0.270 e. The molecule has 8 nitrogen and oxygen atoms in total. The lowest BCUT2D eigenvalue weighted by molar-refractivity contribution is -0.384. The van der Waals surface area contributed by atoms with Crippen LogP contribution >= 0.6 is 11.3 Å². The summed E-state index contributed by atoms with van der Waals surface area (Å²) in [6, 6.07) is 16.1. The number of methoxy groups -OCH3 is 2. The highest BCUT2D eigenvalue weighted by molar-refractivity contribution is 7.21. The van der Waals surface area contributed by atoms with E-state index in [-0.39, 0.29) is 5.69 Å². The van der Waals surface area contributed by atoms with E-state index in [1.807, 2.05) is 44.2 Å². The van der Waals surface area contributed by atoms with Gasteiger partial charge in [0.05, 0.1) is 34.7 Å². The number of aryl methyl sites for hydroxylation is 2. The Balaban J connectivity index is 1.75. The molecule has 0 saturated carbocycles. The van der Waals surface area contributed by atoms with Crippen LogP contribution in [0.3, 0.4) is 0 Å². The molecular weight excluding hydrogens is 466 g/mol. The van der Waals surface area contributed by atoms with E-state index in [2.05, 4.69) is 11.1 Å². The van der Waals surface area contributed by atoms with E-state index in [9.17, 15) is 10.1 Å². The Morgan fingerprint density at radius 1 is 1.00 bits per heavy atom. The summed E-state index contributed by atoms with van der Waals surface area (Å²) < 4.78 is 17.8. The molecule has 0 fully saturated rings. The van der Waals surface area contributed by atoms with Gasteiger partial charge in [-0.1, -0.05) is 17.4 Å². The summed E-state index contributed by atoms with van der Waals surface area (Å²) in [6.07, 6.45) is 0. The van der Waals surface area contributed by atoms with Gasteiger partial charge in [-0.15, -0.1) is 0 Å². The lowest BCUT2D eigenvalue weighted by atomic mass is 10.0. The second-order valence-corrected chi connectivity index (χ2v) is 9.05. The highest BCUT2D eigenvalue weighted by Crippen LogP contribution is 2.34. The van der Waals surface area contributed by atoms with Crippen LogP contribution in [0.5, 0.6) is 11.5 Å². The predicted octanol–water partition coefficient (Wildman–Crippen LogP) is 6.48. The van der Waals surface area contributed by atoms with Crippen LogP contribution in [0.25, 0.3) is 32.5 Å². The molecule has 9 heteroatoms. The van der Waals surface area contributed by atoms with E-state index in [4.69, 9.17) is 18.9 Å². The number of ether oxygens (including phenoxy) is 2. The van der Waals surface area contributed by atoms with Crippen molar-refractivity contribution in [3.63, 3.8) is 0 Å². The molecule has 0 aliphatic rings. The number of hydrogen-bond donors (Lipinski definition) is 0. The fraction of sp³-hybridized carbons (Fsp3) is 0.154. The molecule has 0 spiro atoms. The molecule has 0 aliphatic heterocycles. The normalized spacial score (nSPS) is 11.8. The van der Waals surface area contributed by atoms with E-state index in [1.165, 1.54) is 23.5 Å². The minimum atomic E-state index is -0.413. The van der Waals surface area contributed by atoms with Gasteiger partial charge in [-0.05, 0) is 55.3 Å². The van der Waals surface area contributed by atoms with Crippen LogP contribution in [0.1, 0.15) is 11.1 Å². The Hall–Kier alpha value is -4.24. The van der Waals surface area contributed by atoms with E-state index in [1.54, 1.807) is 20.3 Å². The first-order valence-corrected chi connectivity index (χ1v) is 11.5. The third-order valence-corrected chi connectivity index (χ3v) is 6.56. The van der Waals surface area contributed by atoms with Gasteiger partial charge in [-0.25, -0.2) is 9.98 Å². The number of nitrogens with zero attached hydrogens (tertiary/aromatic N) is 3. The minimum Gasteiger partial charge on any atom is -0.493 e. The number of benzene rings is 3. The topological polar surface area (TPSA) is 100.0 Å². The van der Waals surface area contributed by atoms with Gasteiger partial charge in [0, 0.05) is 29.1 Å². The van der Waals surface area contributed by atoms with Crippen molar-refractivity contribution in [2.24, 2.45) is 4.99 Å². The molecule has 0 radical (unpaired) electrons. The Kier molecular flexibility index (Phi) is 5.70. The molecule has 0 atom stereocenters. The van der Waals surface area contributed by atoms with E-state index < -0.39 is 4.92 Å². The number of nitro benzene ring substituents is 1. The number of hydrogen-bond acceptors (Lipinski definition) is 8. The van der Waals surface area contributed by atoms with Gasteiger partial charge in [0.1, 0.15) is 11.3 Å². The third-order valence-electron chi connectivity index (χ3n) is 5.64. The van der Waals surface area contributed by atoms with Crippen LogP contribution in [0, 0.1) is 24.0 Å². The predicted molar refractivity (Wildman–Crippen MR) is 136 cm³/mol. The minimum absolute atomic E-state index is 0.0266. The van der Waals surface area contributed by atoms with Crippen molar-refractivity contribution >= 4 is 43.3 Å². The molecule has 0 unspecified atom stereocenters. The third kappa shape index (κ3) is 4.22. The van der Waals surface area contributed by atoms with Crippen molar-refractivity contribution in [1.82, 2.24) is 4.98 Å². The molecule has 3 aromatic carbocycles. The zero-order valence-corrected chi connectivity index (χ0v) is 20.3. The number of aromatic nitrogens is 1. The Morgan fingerprint density at radius 3 is 2.54 bits per heavy atom. The second-order valence-electron chi connectivity index (χ2n) is 8.04. The highest BCUT2D eigenvalue weighted by atomic mass is 32.1. The van der Waals surface area contributed by atoms with Crippen LogP contribution < -0.4 is 14.8 Å². The summed E-state index contributed by atoms with van der Waals surface area (Å²) in [5, 5.41) is 13.2. The van der Waals surface area contributed by atoms with Gasteiger partial charge in [-0.2, -0.15) is 0 Å². The molecule has 0 N–H and O–H groups in total. The fourth-order valence-electron chi connectivity index (χ4n) is 4.07. The first-order valence-electron chi connectivity index (χ1n) is 10.7. The van der Waals surface area contributed by atoms with Gasteiger partial charge in [-0.3, -0.25) is 10.1 Å². The van der Waals surface area contributed by atoms with Crippen LogP contribution in [0.15, 0.2) is 64.0 Å². The first-order chi connectivity index (χ1) is 16.9. The summed E-state index contributed by atoms with van der Waals surface area (Å²) in [5.41, 5.74) is 4.29. The average molecular weight is 488 g/mol. The van der Waals surface area contributed by atoms with Gasteiger partial charge < -0.3 is 13.9 Å². The summed E-state index contributed by atoms with van der Waals surface area (Å²) >= 11 is 1.30. The second kappa shape index (κ2) is 8.84. The van der Waals surface area contributed by atoms with E-state index in [0.717, 1.165) is 22.1 Å². The number of non-ortho nitro benzene ring substituents is 1. The Morgan fingerprint density at radius 2 is 1.80 bits per heavy atom. The lowest BCUT2D eigenvalue weighted by Crippen LogP contribution is -2.05. The van der Waals surface area contributed by atoms with Crippen molar-refractivity contribution in [3.05, 3.63) is 81.2 Å². The van der Waals surface area contributed by atoms with Crippen LogP contribution in [-0.2, 0) is 0 Å². The maximum absolute atomic E-state index is 11.2. The molecule has 0 amide bonds. The zero-order chi connectivity index (χ0) is 24.7. The number of thiazole rings is 1. The standard InChI is InChI=1S/C26H21N3O5S/c1-14-9-15(2)25-19(28-26-27-18-7-6-17(29(30)31)12-24(18)35-26)13-21(34-23(25)10-14)16-5-8-20(32-3)22(11-16)33-4/h5-13H,1-4H3/b28-19+. The van der Waals surface area contributed by atoms with Crippen molar-refractivity contribution in [1.29, 1.82) is 0 Å². The Bertz CT molecular complexity index is 1690. The van der Waals surface area contributed by atoms with Gasteiger partial charge in [0.25, 0.3) is 5.69 Å². The molecule has 5 aromatic rings. The fourth-order valence-corrected chi connectivity index (χ4v) is 4.95. The summed E-state index contributed by atoms with van der Waals surface area (Å²) in [5.74, 6) is 1.82. The van der Waals surface area contributed by atoms with Crippen molar-refractivity contribution in [3.8, 4) is 22.8 Å². The van der Waals surface area contributed by atoms with Crippen LogP contribution in [0.2, 0.25) is 0 Å². The van der Waals surface area contributed by atoms with Crippen molar-refractivity contribution in [2.75, 3.05) is 14.2 Å². The molecule has 5 rings (SSSR count). The first kappa shape index (κ1) is 22.5. The van der Waals surface area contributed by atoms with Crippen molar-refractivity contribution < 1.29 is 18.8 Å². The Labute approximate surface area is 204 Å². The summed E-state index contributed by atoms with van der Waals surface area (Å²) in [7, 11) is 3.18. The molecule has 176 valence electrons. The maximum atomic E-state index is 11.2. The quantitative estimate of drug-likeness (QED) is 0.208. The van der Waals surface area contributed by atoms with Crippen LogP contribution in [-0.4, -0.2) is 24.1 Å². The lowest BCUT2D eigenvalue weighted by Gasteiger charge is -2.11. The zero-order valence-electron chi connectivity index (χ0n) is 19.5. The smallest absolute Gasteiger partial charge is 0.270 e.